The molecule has 5 nitrogen and oxygen atoms in total. The quantitative estimate of drug-likeness (QED) is 0.421. The number of hydrogen-bond donors (Lipinski definition) is 0. The molecule has 0 saturated carbocycles. The Bertz CT molecular complexity index is 814. The van der Waals surface area contributed by atoms with Crippen LogP contribution in [-0.2, 0) is 0 Å². The molecular formula is C15H13N3O2S. The first-order valence-corrected chi connectivity index (χ1v) is 7.52. The molecule has 0 bridgehead atoms. The molecule has 2 aromatic heterocycles. The molecule has 0 radical (unpaired) electrons. The van der Waals surface area contributed by atoms with E-state index >= 15 is 0 Å². The SMILES string of the molecule is COc1cc2nc(-c3ccccc3C=O)cn2c(SC)n1. The minimum Gasteiger partial charge on any atom is -0.481 e. The van der Waals surface area contributed by atoms with E-state index in [1.54, 1.807) is 19.2 Å². The maximum Gasteiger partial charge on any atom is 0.219 e. The van der Waals surface area contributed by atoms with Gasteiger partial charge in [0.25, 0.3) is 0 Å². The van der Waals surface area contributed by atoms with E-state index in [0.29, 0.717) is 11.4 Å². The zero-order valence-corrected chi connectivity index (χ0v) is 12.4. The van der Waals surface area contributed by atoms with Gasteiger partial charge in [0.1, 0.15) is 5.65 Å². The van der Waals surface area contributed by atoms with Crippen LogP contribution in [0.5, 0.6) is 5.88 Å². The normalized spacial score (nSPS) is 10.8. The molecule has 0 atom stereocenters. The van der Waals surface area contributed by atoms with Crippen molar-refractivity contribution < 1.29 is 9.53 Å². The lowest BCUT2D eigenvalue weighted by atomic mass is 10.1. The molecule has 3 aromatic rings. The predicted octanol–water partition coefficient (Wildman–Crippen LogP) is 2.94. The minimum atomic E-state index is 0.521. The third kappa shape index (κ3) is 2.38. The Morgan fingerprint density at radius 3 is 2.81 bits per heavy atom. The Hall–Kier alpha value is -2.34. The monoisotopic (exact) mass is 299 g/mol. The Morgan fingerprint density at radius 1 is 1.29 bits per heavy atom. The predicted molar refractivity (Wildman–Crippen MR) is 82.1 cm³/mol. The summed E-state index contributed by atoms with van der Waals surface area (Å²) in [5, 5.41) is 0.784. The Kier molecular flexibility index (Phi) is 3.62. The molecule has 2 heterocycles. The van der Waals surface area contributed by atoms with E-state index < -0.39 is 0 Å². The Labute approximate surface area is 126 Å². The minimum absolute atomic E-state index is 0.521. The number of methoxy groups -OCH3 is 1. The van der Waals surface area contributed by atoms with Crippen LogP contribution in [0.1, 0.15) is 10.4 Å². The average Bonchev–Trinajstić information content (AvgIpc) is 2.97. The number of imidazole rings is 1. The summed E-state index contributed by atoms with van der Waals surface area (Å²) >= 11 is 1.51. The molecule has 0 aliphatic carbocycles. The van der Waals surface area contributed by atoms with Crippen LogP contribution < -0.4 is 4.74 Å². The third-order valence-electron chi connectivity index (χ3n) is 3.15. The number of ether oxygens (including phenoxy) is 1. The molecule has 1 aromatic carbocycles. The van der Waals surface area contributed by atoms with E-state index in [-0.39, 0.29) is 0 Å². The highest BCUT2D eigenvalue weighted by Gasteiger charge is 2.12. The molecule has 106 valence electrons. The standard InChI is InChI=1S/C15H13N3O2S/c1-20-14-7-13-16-12(8-18(13)15(17-14)21-2)11-6-4-3-5-10(11)9-19/h3-9H,1-2H3. The van der Waals surface area contributed by atoms with Gasteiger partial charge in [0, 0.05) is 23.4 Å². The van der Waals surface area contributed by atoms with Crippen molar-refractivity contribution in [3.8, 4) is 17.1 Å². The number of aromatic nitrogens is 3. The van der Waals surface area contributed by atoms with Crippen molar-refractivity contribution in [1.29, 1.82) is 0 Å². The lowest BCUT2D eigenvalue weighted by Gasteiger charge is -2.03. The second kappa shape index (κ2) is 5.57. The van der Waals surface area contributed by atoms with Gasteiger partial charge in [-0.05, 0) is 6.26 Å². The average molecular weight is 299 g/mol. The van der Waals surface area contributed by atoms with E-state index in [1.165, 1.54) is 11.8 Å². The maximum absolute atomic E-state index is 11.2. The van der Waals surface area contributed by atoms with Gasteiger partial charge in [0.15, 0.2) is 11.4 Å². The second-order valence-corrected chi connectivity index (χ2v) is 5.12. The molecule has 0 amide bonds. The molecule has 0 aliphatic heterocycles. The van der Waals surface area contributed by atoms with Crippen LogP contribution in [0.2, 0.25) is 0 Å². The zero-order valence-electron chi connectivity index (χ0n) is 11.6. The fourth-order valence-electron chi connectivity index (χ4n) is 2.15. The number of thioether (sulfide) groups is 1. The van der Waals surface area contributed by atoms with Crippen molar-refractivity contribution in [2.75, 3.05) is 13.4 Å². The van der Waals surface area contributed by atoms with Gasteiger partial charge in [0.05, 0.1) is 12.8 Å². The van der Waals surface area contributed by atoms with E-state index in [0.717, 1.165) is 28.3 Å². The number of hydrogen-bond acceptors (Lipinski definition) is 5. The van der Waals surface area contributed by atoms with Gasteiger partial charge in [-0.1, -0.05) is 36.0 Å². The summed E-state index contributed by atoms with van der Waals surface area (Å²) in [6, 6.07) is 9.16. The summed E-state index contributed by atoms with van der Waals surface area (Å²) in [5.41, 5.74) is 2.90. The van der Waals surface area contributed by atoms with Crippen molar-refractivity contribution in [2.24, 2.45) is 0 Å². The van der Waals surface area contributed by atoms with Gasteiger partial charge in [-0.3, -0.25) is 9.20 Å². The Morgan fingerprint density at radius 2 is 2.10 bits per heavy atom. The van der Waals surface area contributed by atoms with Crippen LogP contribution in [0.3, 0.4) is 0 Å². The van der Waals surface area contributed by atoms with E-state index in [4.69, 9.17) is 4.74 Å². The van der Waals surface area contributed by atoms with Gasteiger partial charge in [-0.25, -0.2) is 4.98 Å². The molecule has 0 aliphatic rings. The zero-order chi connectivity index (χ0) is 14.8. The number of benzene rings is 1. The molecule has 0 unspecified atom stereocenters. The summed E-state index contributed by atoms with van der Waals surface area (Å²) in [6.45, 7) is 0. The van der Waals surface area contributed by atoms with Crippen molar-refractivity contribution in [3.63, 3.8) is 0 Å². The third-order valence-corrected chi connectivity index (χ3v) is 3.81. The first kappa shape index (κ1) is 13.6. The number of carbonyl (C=O) groups is 1. The highest BCUT2D eigenvalue weighted by atomic mass is 32.2. The fourth-order valence-corrected chi connectivity index (χ4v) is 2.68. The summed E-state index contributed by atoms with van der Waals surface area (Å²) in [5.74, 6) is 0.521. The molecule has 21 heavy (non-hydrogen) atoms. The molecule has 0 fully saturated rings. The molecular weight excluding hydrogens is 286 g/mol. The molecule has 0 saturated heterocycles. The van der Waals surface area contributed by atoms with Gasteiger partial charge in [0.2, 0.25) is 5.88 Å². The summed E-state index contributed by atoms with van der Waals surface area (Å²) in [7, 11) is 1.58. The Balaban J connectivity index is 2.23. The van der Waals surface area contributed by atoms with Crippen molar-refractivity contribution >= 4 is 23.7 Å². The highest BCUT2D eigenvalue weighted by molar-refractivity contribution is 7.98. The smallest absolute Gasteiger partial charge is 0.219 e. The first-order valence-electron chi connectivity index (χ1n) is 6.29. The highest BCUT2D eigenvalue weighted by Crippen LogP contribution is 2.26. The lowest BCUT2D eigenvalue weighted by molar-refractivity contribution is 0.112. The van der Waals surface area contributed by atoms with Crippen LogP contribution in [0.4, 0.5) is 0 Å². The van der Waals surface area contributed by atoms with E-state index in [1.807, 2.05) is 35.1 Å². The van der Waals surface area contributed by atoms with Crippen LogP contribution in [0.25, 0.3) is 16.9 Å². The maximum atomic E-state index is 11.2. The van der Waals surface area contributed by atoms with Crippen molar-refractivity contribution in [1.82, 2.24) is 14.4 Å². The van der Waals surface area contributed by atoms with Crippen LogP contribution in [0, 0.1) is 0 Å². The van der Waals surface area contributed by atoms with Gasteiger partial charge >= 0.3 is 0 Å². The summed E-state index contributed by atoms with van der Waals surface area (Å²) in [6.07, 6.45) is 4.67. The van der Waals surface area contributed by atoms with Crippen LogP contribution in [-0.4, -0.2) is 34.0 Å². The molecule has 3 rings (SSSR count). The van der Waals surface area contributed by atoms with E-state index in [9.17, 15) is 4.79 Å². The van der Waals surface area contributed by atoms with Gasteiger partial charge < -0.3 is 4.74 Å². The second-order valence-electron chi connectivity index (χ2n) is 4.34. The summed E-state index contributed by atoms with van der Waals surface area (Å²) < 4.78 is 7.08. The van der Waals surface area contributed by atoms with Gasteiger partial charge in [-0.2, -0.15) is 4.98 Å². The van der Waals surface area contributed by atoms with Crippen LogP contribution >= 0.6 is 11.8 Å². The first-order chi connectivity index (χ1) is 10.3. The van der Waals surface area contributed by atoms with Crippen LogP contribution in [0.15, 0.2) is 41.7 Å². The number of rotatable bonds is 4. The topological polar surface area (TPSA) is 56.5 Å². The van der Waals surface area contributed by atoms with E-state index in [2.05, 4.69) is 9.97 Å². The molecule has 6 heteroatoms. The lowest BCUT2D eigenvalue weighted by Crippen LogP contribution is -1.96. The number of nitrogens with zero attached hydrogens (tertiary/aromatic N) is 3. The summed E-state index contributed by atoms with van der Waals surface area (Å²) in [4.78, 5) is 20.1. The van der Waals surface area contributed by atoms with Crippen molar-refractivity contribution in [2.45, 2.75) is 5.16 Å². The molecule has 0 N–H and O–H groups in total. The number of fused-ring (bicyclic) bond motifs is 1. The van der Waals surface area contributed by atoms with Crippen molar-refractivity contribution in [3.05, 3.63) is 42.1 Å². The van der Waals surface area contributed by atoms with Gasteiger partial charge in [-0.15, -0.1) is 0 Å². The fraction of sp³-hybridized carbons (Fsp3) is 0.133. The molecule has 0 spiro atoms. The number of aldehydes is 1. The largest absolute Gasteiger partial charge is 0.481 e. The number of carbonyl (C=O) groups excluding carboxylic acids is 1.